The van der Waals surface area contributed by atoms with E-state index in [0.29, 0.717) is 13.0 Å². The third kappa shape index (κ3) is 4.01. The first-order chi connectivity index (χ1) is 7.39. The van der Waals surface area contributed by atoms with E-state index in [1.807, 2.05) is 26.8 Å². The highest BCUT2D eigenvalue weighted by Gasteiger charge is 2.20. The van der Waals surface area contributed by atoms with Crippen LogP contribution in [0, 0.1) is 11.2 Å². The van der Waals surface area contributed by atoms with Gasteiger partial charge in [0.2, 0.25) is 5.91 Å². The molecule has 0 aromatic heterocycles. The monoisotopic (exact) mass is 223 g/mol. The predicted octanol–water partition coefficient (Wildman–Crippen LogP) is 2.53. The summed E-state index contributed by atoms with van der Waals surface area (Å²) in [6.45, 7) is 6.14. The topological polar surface area (TPSA) is 29.1 Å². The van der Waals surface area contributed by atoms with Crippen molar-refractivity contribution in [1.29, 1.82) is 0 Å². The largest absolute Gasteiger partial charge is 0.355 e. The van der Waals surface area contributed by atoms with E-state index >= 15 is 0 Å². The minimum absolute atomic E-state index is 0.0175. The van der Waals surface area contributed by atoms with E-state index in [4.69, 9.17) is 0 Å². The van der Waals surface area contributed by atoms with Gasteiger partial charge in [0.15, 0.2) is 0 Å². The molecule has 0 saturated heterocycles. The van der Waals surface area contributed by atoms with Crippen molar-refractivity contribution in [3.05, 3.63) is 35.6 Å². The van der Waals surface area contributed by atoms with Crippen molar-refractivity contribution >= 4 is 5.91 Å². The fraction of sp³-hybridized carbons (Fsp3) is 0.462. The lowest BCUT2D eigenvalue weighted by Gasteiger charge is -2.17. The highest BCUT2D eigenvalue weighted by atomic mass is 19.1. The van der Waals surface area contributed by atoms with Crippen LogP contribution in [0.15, 0.2) is 24.3 Å². The van der Waals surface area contributed by atoms with E-state index in [1.165, 1.54) is 12.1 Å². The Morgan fingerprint density at radius 2 is 2.06 bits per heavy atom. The third-order valence-corrected chi connectivity index (χ3v) is 2.27. The first kappa shape index (κ1) is 12.7. The number of halogens is 1. The van der Waals surface area contributed by atoms with Crippen molar-refractivity contribution in [3.63, 3.8) is 0 Å². The molecule has 0 aliphatic heterocycles. The lowest BCUT2D eigenvalue weighted by atomic mass is 9.95. The van der Waals surface area contributed by atoms with Gasteiger partial charge < -0.3 is 5.32 Å². The molecule has 0 aliphatic rings. The number of amides is 1. The Morgan fingerprint density at radius 1 is 1.38 bits per heavy atom. The molecule has 2 nitrogen and oxygen atoms in total. The summed E-state index contributed by atoms with van der Waals surface area (Å²) in [5.41, 5.74) is 0.524. The molecule has 1 rings (SSSR count). The third-order valence-electron chi connectivity index (χ3n) is 2.27. The highest BCUT2D eigenvalue weighted by molar-refractivity contribution is 5.81. The van der Waals surface area contributed by atoms with Crippen LogP contribution in [0.3, 0.4) is 0 Å². The Balaban J connectivity index is 2.39. The van der Waals surface area contributed by atoms with Gasteiger partial charge in [0, 0.05) is 12.0 Å². The summed E-state index contributed by atoms with van der Waals surface area (Å²) in [6.07, 6.45) is 0.652. The lowest BCUT2D eigenvalue weighted by Crippen LogP contribution is -2.35. The first-order valence-corrected chi connectivity index (χ1v) is 5.42. The van der Waals surface area contributed by atoms with Crippen LogP contribution in [0.4, 0.5) is 4.39 Å². The lowest BCUT2D eigenvalue weighted by molar-refractivity contribution is -0.128. The second kappa shape index (κ2) is 5.10. The van der Waals surface area contributed by atoms with E-state index in [9.17, 15) is 9.18 Å². The minimum atomic E-state index is -0.373. The van der Waals surface area contributed by atoms with Crippen molar-refractivity contribution in [1.82, 2.24) is 5.32 Å². The summed E-state index contributed by atoms with van der Waals surface area (Å²) in [5.74, 6) is -0.219. The van der Waals surface area contributed by atoms with Gasteiger partial charge in [0.1, 0.15) is 5.82 Å². The maximum Gasteiger partial charge on any atom is 0.225 e. The Hall–Kier alpha value is -1.38. The fourth-order valence-electron chi connectivity index (χ4n) is 1.28. The Labute approximate surface area is 95.9 Å². The zero-order valence-corrected chi connectivity index (χ0v) is 10.0. The number of carbonyl (C=O) groups excluding carboxylic acids is 1. The second-order valence-corrected chi connectivity index (χ2v) is 4.89. The molecule has 0 spiro atoms. The Kier molecular flexibility index (Phi) is 4.05. The van der Waals surface area contributed by atoms with Crippen molar-refractivity contribution in [2.24, 2.45) is 5.41 Å². The summed E-state index contributed by atoms with van der Waals surface area (Å²) in [7, 11) is 0. The van der Waals surface area contributed by atoms with Crippen LogP contribution in [0.5, 0.6) is 0 Å². The molecular weight excluding hydrogens is 205 g/mol. The smallest absolute Gasteiger partial charge is 0.225 e. The molecule has 1 N–H and O–H groups in total. The van der Waals surface area contributed by atoms with Crippen molar-refractivity contribution in [2.75, 3.05) is 6.54 Å². The number of hydrogen-bond donors (Lipinski definition) is 1. The molecule has 0 fully saturated rings. The maximum atomic E-state index is 12.9. The molecule has 0 aliphatic carbocycles. The molecule has 0 unspecified atom stereocenters. The predicted molar refractivity (Wildman–Crippen MR) is 62.6 cm³/mol. The maximum absolute atomic E-state index is 12.9. The standard InChI is InChI=1S/C13H18FNO/c1-13(2,3)12(16)15-8-7-10-5-4-6-11(14)9-10/h4-6,9H,7-8H2,1-3H3,(H,15,16). The van der Waals surface area contributed by atoms with E-state index in [0.717, 1.165) is 5.56 Å². The van der Waals surface area contributed by atoms with Crippen LogP contribution in [0.2, 0.25) is 0 Å². The summed E-state index contributed by atoms with van der Waals surface area (Å²) in [5, 5.41) is 2.83. The number of carbonyl (C=O) groups is 1. The normalized spacial score (nSPS) is 11.2. The van der Waals surface area contributed by atoms with Gasteiger partial charge in [-0.05, 0) is 24.1 Å². The molecule has 16 heavy (non-hydrogen) atoms. The molecule has 0 radical (unpaired) electrons. The van der Waals surface area contributed by atoms with Crippen LogP contribution in [0.25, 0.3) is 0 Å². The number of rotatable bonds is 3. The summed E-state index contributed by atoms with van der Waals surface area (Å²) in [4.78, 5) is 11.5. The van der Waals surface area contributed by atoms with Crippen LogP contribution >= 0.6 is 0 Å². The average molecular weight is 223 g/mol. The highest BCUT2D eigenvalue weighted by Crippen LogP contribution is 2.12. The van der Waals surface area contributed by atoms with Gasteiger partial charge in [-0.3, -0.25) is 4.79 Å². The molecule has 3 heteroatoms. The Bertz CT molecular complexity index is 368. The SMILES string of the molecule is CC(C)(C)C(=O)NCCc1cccc(F)c1. The molecule has 1 amide bonds. The van der Waals surface area contributed by atoms with E-state index < -0.39 is 0 Å². The van der Waals surface area contributed by atoms with E-state index in [2.05, 4.69) is 5.32 Å². The Morgan fingerprint density at radius 3 is 2.62 bits per heavy atom. The van der Waals surface area contributed by atoms with Gasteiger partial charge in [-0.2, -0.15) is 0 Å². The van der Waals surface area contributed by atoms with Gasteiger partial charge in [0.05, 0.1) is 0 Å². The molecule has 88 valence electrons. The van der Waals surface area contributed by atoms with Crippen molar-refractivity contribution < 1.29 is 9.18 Å². The first-order valence-electron chi connectivity index (χ1n) is 5.42. The summed E-state index contributed by atoms with van der Waals surface area (Å²) >= 11 is 0. The van der Waals surface area contributed by atoms with Crippen LogP contribution < -0.4 is 5.32 Å². The van der Waals surface area contributed by atoms with Crippen molar-refractivity contribution in [2.45, 2.75) is 27.2 Å². The molecule has 1 aromatic carbocycles. The van der Waals surface area contributed by atoms with Crippen LogP contribution in [0.1, 0.15) is 26.3 Å². The average Bonchev–Trinajstić information content (AvgIpc) is 2.16. The van der Waals surface area contributed by atoms with Crippen LogP contribution in [-0.2, 0) is 11.2 Å². The number of hydrogen-bond acceptors (Lipinski definition) is 1. The number of nitrogens with one attached hydrogen (secondary N) is 1. The summed E-state index contributed by atoms with van der Waals surface area (Å²) in [6, 6.07) is 6.43. The second-order valence-electron chi connectivity index (χ2n) is 4.89. The van der Waals surface area contributed by atoms with Crippen LogP contribution in [-0.4, -0.2) is 12.5 Å². The molecule has 0 bridgehead atoms. The van der Waals surface area contributed by atoms with Gasteiger partial charge >= 0.3 is 0 Å². The van der Waals surface area contributed by atoms with Gasteiger partial charge in [-0.1, -0.05) is 32.9 Å². The van der Waals surface area contributed by atoms with Crippen molar-refractivity contribution in [3.8, 4) is 0 Å². The minimum Gasteiger partial charge on any atom is -0.355 e. The van der Waals surface area contributed by atoms with E-state index in [-0.39, 0.29) is 17.1 Å². The molecule has 0 saturated carbocycles. The van der Waals surface area contributed by atoms with Gasteiger partial charge in [-0.15, -0.1) is 0 Å². The zero-order valence-electron chi connectivity index (χ0n) is 10.0. The molecular formula is C13H18FNO. The molecule has 0 atom stereocenters. The van der Waals surface area contributed by atoms with Gasteiger partial charge in [-0.25, -0.2) is 4.39 Å². The summed E-state index contributed by atoms with van der Waals surface area (Å²) < 4.78 is 12.9. The number of benzene rings is 1. The molecule has 1 aromatic rings. The van der Waals surface area contributed by atoms with Gasteiger partial charge in [0.25, 0.3) is 0 Å². The fourth-order valence-corrected chi connectivity index (χ4v) is 1.28. The van der Waals surface area contributed by atoms with E-state index in [1.54, 1.807) is 6.07 Å². The zero-order chi connectivity index (χ0) is 12.2. The molecule has 0 heterocycles. The quantitative estimate of drug-likeness (QED) is 0.838.